The van der Waals surface area contributed by atoms with Crippen molar-refractivity contribution in [3.8, 4) is 16.9 Å². The number of rotatable bonds is 5. The molecule has 1 aliphatic rings. The number of aliphatic hydroxyl groups excluding tert-OH is 1. The molecule has 0 fully saturated rings. The molecule has 0 aromatic heterocycles. The first kappa shape index (κ1) is 17.2. The van der Waals surface area contributed by atoms with Gasteiger partial charge >= 0.3 is 5.97 Å². The summed E-state index contributed by atoms with van der Waals surface area (Å²) in [6, 6.07) is 11.9. The number of carboxylic acids is 1. The van der Waals surface area contributed by atoms with Crippen molar-refractivity contribution in [2.75, 3.05) is 13.7 Å². The minimum Gasteiger partial charge on any atom is -0.506 e. The number of carbonyl (C=O) groups excluding carboxylic acids is 2. The minimum absolute atomic E-state index is 0.193. The van der Waals surface area contributed by atoms with Gasteiger partial charge < -0.3 is 20.3 Å². The molecule has 26 heavy (non-hydrogen) atoms. The lowest BCUT2D eigenvalue weighted by molar-refractivity contribution is -0.137. The average molecular weight is 353 g/mol. The Hall–Kier alpha value is -3.61. The first-order chi connectivity index (χ1) is 12.4. The van der Waals surface area contributed by atoms with Gasteiger partial charge in [-0.3, -0.25) is 14.4 Å². The van der Waals surface area contributed by atoms with E-state index in [9.17, 15) is 19.5 Å². The highest BCUT2D eigenvalue weighted by molar-refractivity contribution is 6.35. The number of hydrogen-bond acceptors (Lipinski definition) is 5. The molecule has 7 nitrogen and oxygen atoms in total. The Balaban J connectivity index is 2.04. The lowest BCUT2D eigenvalue weighted by Gasteiger charge is -2.09. The quantitative estimate of drug-likeness (QED) is 0.709. The maximum atomic E-state index is 12.8. The number of benzene rings is 2. The topological polar surface area (TPSA) is 113 Å². The Labute approximate surface area is 148 Å². The zero-order valence-electron chi connectivity index (χ0n) is 13.8. The van der Waals surface area contributed by atoms with Crippen LogP contribution < -0.4 is 10.1 Å². The molecule has 3 rings (SSSR count). The van der Waals surface area contributed by atoms with Crippen LogP contribution in [0.3, 0.4) is 0 Å². The monoisotopic (exact) mass is 353 g/mol. The first-order valence-corrected chi connectivity index (χ1v) is 7.69. The fourth-order valence-electron chi connectivity index (χ4n) is 2.85. The number of Topliss-reactive ketones (excluding diaryl/α,β-unsaturated/α-hetero) is 1. The number of aliphatic hydroxyl groups is 1. The summed E-state index contributed by atoms with van der Waals surface area (Å²) < 4.78 is 5.19. The zero-order chi connectivity index (χ0) is 18.8. The molecular weight excluding hydrogens is 338 g/mol. The number of methoxy groups -OCH3 is 1. The van der Waals surface area contributed by atoms with Crippen molar-refractivity contribution >= 4 is 23.4 Å². The van der Waals surface area contributed by atoms with E-state index in [1.165, 1.54) is 13.2 Å². The first-order valence-electron chi connectivity index (χ1n) is 7.69. The number of carbonyl (C=O) groups is 3. The van der Waals surface area contributed by atoms with Crippen molar-refractivity contribution in [3.63, 3.8) is 0 Å². The summed E-state index contributed by atoms with van der Waals surface area (Å²) in [7, 11) is 1.53. The van der Waals surface area contributed by atoms with Crippen molar-refractivity contribution < 1.29 is 29.3 Å². The third-order valence-corrected chi connectivity index (χ3v) is 4.02. The molecule has 0 unspecified atom stereocenters. The van der Waals surface area contributed by atoms with E-state index in [0.29, 0.717) is 16.9 Å². The number of ether oxygens (including phenoxy) is 1. The highest BCUT2D eigenvalue weighted by Gasteiger charge is 2.36. The van der Waals surface area contributed by atoms with Crippen LogP contribution in [-0.2, 0) is 9.59 Å². The molecule has 132 valence electrons. The molecule has 0 saturated carbocycles. The lowest BCUT2D eigenvalue weighted by atomic mass is 9.95. The second-order valence-corrected chi connectivity index (χ2v) is 5.59. The van der Waals surface area contributed by atoms with Gasteiger partial charge in [0, 0.05) is 11.1 Å². The van der Waals surface area contributed by atoms with Crippen molar-refractivity contribution in [1.82, 2.24) is 5.32 Å². The van der Waals surface area contributed by atoms with Crippen LogP contribution >= 0.6 is 0 Å². The smallest absolute Gasteiger partial charge is 0.322 e. The van der Waals surface area contributed by atoms with Gasteiger partial charge in [-0.2, -0.15) is 0 Å². The van der Waals surface area contributed by atoms with Gasteiger partial charge in [-0.05, 0) is 23.3 Å². The molecule has 7 heteroatoms. The van der Waals surface area contributed by atoms with Crippen LogP contribution in [0.15, 0.2) is 48.0 Å². The van der Waals surface area contributed by atoms with Crippen molar-refractivity contribution in [3.05, 3.63) is 59.2 Å². The Kier molecular flexibility index (Phi) is 4.45. The maximum absolute atomic E-state index is 12.8. The summed E-state index contributed by atoms with van der Waals surface area (Å²) in [6.07, 6.45) is 0. The standard InChI is InChI=1S/C19H15NO6/c1-26-11-5-2-4-10(8-11)12-6-3-7-13-15(12)18(24)16(17(13)23)19(25)20-9-14(21)22/h2-8,23H,9H2,1H3,(H,20,25)(H,21,22). The Morgan fingerprint density at radius 1 is 1.12 bits per heavy atom. The van der Waals surface area contributed by atoms with Crippen LogP contribution in [0.25, 0.3) is 16.9 Å². The number of nitrogens with one attached hydrogen (secondary N) is 1. The molecule has 0 saturated heterocycles. The SMILES string of the molecule is COc1cccc(-c2cccc3c2C(=O)C(C(=O)NCC(=O)O)=C3O)c1. The number of fused-ring (bicyclic) bond motifs is 1. The maximum Gasteiger partial charge on any atom is 0.322 e. The molecule has 2 aromatic carbocycles. The molecule has 0 radical (unpaired) electrons. The van der Waals surface area contributed by atoms with Gasteiger partial charge in [-0.25, -0.2) is 0 Å². The van der Waals surface area contributed by atoms with E-state index in [-0.39, 0.29) is 11.1 Å². The molecule has 0 atom stereocenters. The molecule has 0 aliphatic heterocycles. The molecule has 1 amide bonds. The Morgan fingerprint density at radius 3 is 2.50 bits per heavy atom. The van der Waals surface area contributed by atoms with E-state index in [1.54, 1.807) is 36.4 Å². The lowest BCUT2D eigenvalue weighted by Crippen LogP contribution is -2.32. The number of hydrogen-bond donors (Lipinski definition) is 3. The molecule has 1 aliphatic carbocycles. The van der Waals surface area contributed by atoms with Gasteiger partial charge in [0.1, 0.15) is 23.6 Å². The third-order valence-electron chi connectivity index (χ3n) is 4.02. The van der Waals surface area contributed by atoms with Gasteiger partial charge in [-0.1, -0.05) is 30.3 Å². The second-order valence-electron chi connectivity index (χ2n) is 5.59. The average Bonchev–Trinajstić information content (AvgIpc) is 2.90. The van der Waals surface area contributed by atoms with Crippen LogP contribution in [0.5, 0.6) is 5.75 Å². The number of aliphatic carboxylic acids is 1. The van der Waals surface area contributed by atoms with Crippen LogP contribution in [0.4, 0.5) is 0 Å². The Bertz CT molecular complexity index is 960. The molecule has 0 heterocycles. The normalized spacial score (nSPS) is 12.7. The van der Waals surface area contributed by atoms with Crippen molar-refractivity contribution in [2.45, 2.75) is 0 Å². The van der Waals surface area contributed by atoms with E-state index < -0.39 is 35.5 Å². The summed E-state index contributed by atoms with van der Waals surface area (Å²) in [4.78, 5) is 35.5. The predicted octanol–water partition coefficient (Wildman–Crippen LogP) is 2.03. The van der Waals surface area contributed by atoms with E-state index in [0.717, 1.165) is 0 Å². The third kappa shape index (κ3) is 2.90. The molecule has 2 aromatic rings. The van der Waals surface area contributed by atoms with Crippen LogP contribution in [0.1, 0.15) is 15.9 Å². The van der Waals surface area contributed by atoms with E-state index >= 15 is 0 Å². The molecular formula is C19H15NO6. The number of carboxylic acid groups (broad SMARTS) is 1. The molecule has 3 N–H and O–H groups in total. The Morgan fingerprint density at radius 2 is 1.81 bits per heavy atom. The number of ketones is 1. The van der Waals surface area contributed by atoms with Crippen molar-refractivity contribution in [2.24, 2.45) is 0 Å². The van der Waals surface area contributed by atoms with E-state index in [1.807, 2.05) is 0 Å². The zero-order valence-corrected chi connectivity index (χ0v) is 13.8. The van der Waals surface area contributed by atoms with Crippen LogP contribution in [-0.4, -0.2) is 41.5 Å². The van der Waals surface area contributed by atoms with E-state index in [4.69, 9.17) is 9.84 Å². The summed E-state index contributed by atoms with van der Waals surface area (Å²) in [5, 5.41) is 21.1. The van der Waals surface area contributed by atoms with E-state index in [2.05, 4.69) is 5.32 Å². The highest BCUT2D eigenvalue weighted by Crippen LogP contribution is 2.38. The van der Waals surface area contributed by atoms with Gasteiger partial charge in [0.2, 0.25) is 5.78 Å². The summed E-state index contributed by atoms with van der Waals surface area (Å²) in [5.41, 5.74) is 1.19. The van der Waals surface area contributed by atoms with Gasteiger partial charge in [-0.15, -0.1) is 0 Å². The highest BCUT2D eigenvalue weighted by atomic mass is 16.5. The fourth-order valence-corrected chi connectivity index (χ4v) is 2.85. The second kappa shape index (κ2) is 6.72. The van der Waals surface area contributed by atoms with Gasteiger partial charge in [0.25, 0.3) is 5.91 Å². The predicted molar refractivity (Wildman–Crippen MR) is 93.0 cm³/mol. The molecule has 0 bridgehead atoms. The summed E-state index contributed by atoms with van der Waals surface area (Å²) in [6.45, 7) is -0.651. The minimum atomic E-state index is -1.25. The number of amides is 1. The largest absolute Gasteiger partial charge is 0.506 e. The van der Waals surface area contributed by atoms with Crippen LogP contribution in [0.2, 0.25) is 0 Å². The fraction of sp³-hybridized carbons (Fsp3) is 0.105. The summed E-state index contributed by atoms with van der Waals surface area (Å²) in [5.74, 6) is -2.69. The summed E-state index contributed by atoms with van der Waals surface area (Å²) >= 11 is 0. The van der Waals surface area contributed by atoms with Gasteiger partial charge in [0.05, 0.1) is 7.11 Å². The molecule has 0 spiro atoms. The van der Waals surface area contributed by atoms with Crippen LogP contribution in [0, 0.1) is 0 Å². The van der Waals surface area contributed by atoms with Crippen molar-refractivity contribution in [1.29, 1.82) is 0 Å². The van der Waals surface area contributed by atoms with Gasteiger partial charge in [0.15, 0.2) is 0 Å².